The second-order valence-corrected chi connectivity index (χ2v) is 8.99. The molecule has 0 unspecified atom stereocenters. The topological polar surface area (TPSA) is 23.6 Å². The molecule has 3 aliphatic rings. The first-order valence-corrected chi connectivity index (χ1v) is 10.8. The van der Waals surface area contributed by atoms with Gasteiger partial charge in [0.2, 0.25) is 5.91 Å². The van der Waals surface area contributed by atoms with Crippen molar-refractivity contribution >= 4 is 17.5 Å². The highest BCUT2D eigenvalue weighted by atomic mass is 35.5. The molecule has 142 valence electrons. The van der Waals surface area contributed by atoms with Gasteiger partial charge in [0.1, 0.15) is 0 Å². The molecule has 3 fully saturated rings. The molecule has 1 aromatic rings. The molecule has 2 aliphatic heterocycles. The molecule has 0 bridgehead atoms. The normalized spacial score (nSPS) is 25.9. The molecule has 0 N–H and O–H groups in total. The van der Waals surface area contributed by atoms with Crippen molar-refractivity contribution in [3.8, 4) is 0 Å². The van der Waals surface area contributed by atoms with E-state index in [0.29, 0.717) is 11.8 Å². The lowest BCUT2D eigenvalue weighted by atomic mass is 9.83. The van der Waals surface area contributed by atoms with Crippen molar-refractivity contribution in [1.29, 1.82) is 0 Å². The Kier molecular flexibility index (Phi) is 5.85. The summed E-state index contributed by atoms with van der Waals surface area (Å²) in [7, 11) is 0. The third kappa shape index (κ3) is 4.26. The molecule has 2 heterocycles. The predicted octanol–water partition coefficient (Wildman–Crippen LogP) is 4.59. The van der Waals surface area contributed by atoms with Crippen LogP contribution < -0.4 is 0 Å². The number of benzene rings is 1. The van der Waals surface area contributed by atoms with Crippen LogP contribution in [0.5, 0.6) is 0 Å². The summed E-state index contributed by atoms with van der Waals surface area (Å²) in [4.78, 5) is 17.4. The second-order valence-electron chi connectivity index (χ2n) is 8.55. The predicted molar refractivity (Wildman–Crippen MR) is 106 cm³/mol. The minimum atomic E-state index is 0.341. The van der Waals surface area contributed by atoms with Crippen LogP contribution in [-0.4, -0.2) is 41.9 Å². The molecule has 0 aromatic heterocycles. The van der Waals surface area contributed by atoms with E-state index in [2.05, 4.69) is 21.9 Å². The van der Waals surface area contributed by atoms with Crippen LogP contribution in [0.2, 0.25) is 5.02 Å². The SMILES string of the molecule is O=C(C1CCCC1)N1CCC([C@H]2CCN(Cc3ccc(Cl)cc3)C2)CC1. The van der Waals surface area contributed by atoms with Crippen molar-refractivity contribution in [2.45, 2.75) is 51.5 Å². The van der Waals surface area contributed by atoms with E-state index in [0.717, 1.165) is 49.3 Å². The van der Waals surface area contributed by atoms with Gasteiger partial charge in [0.25, 0.3) is 0 Å². The molecule has 1 aromatic carbocycles. The summed E-state index contributed by atoms with van der Waals surface area (Å²) >= 11 is 5.99. The average molecular weight is 375 g/mol. The molecule has 4 rings (SSSR count). The summed E-state index contributed by atoms with van der Waals surface area (Å²) in [5, 5.41) is 0.812. The minimum absolute atomic E-state index is 0.341. The van der Waals surface area contributed by atoms with Crippen LogP contribution in [0, 0.1) is 17.8 Å². The number of hydrogen-bond donors (Lipinski definition) is 0. The third-order valence-corrected chi connectivity index (χ3v) is 7.10. The highest BCUT2D eigenvalue weighted by molar-refractivity contribution is 6.30. The molecule has 1 saturated carbocycles. The largest absolute Gasteiger partial charge is 0.342 e. The summed E-state index contributed by atoms with van der Waals surface area (Å²) in [6, 6.07) is 8.26. The van der Waals surface area contributed by atoms with Gasteiger partial charge in [0, 0.05) is 37.1 Å². The van der Waals surface area contributed by atoms with E-state index in [4.69, 9.17) is 11.6 Å². The zero-order valence-electron chi connectivity index (χ0n) is 15.7. The van der Waals surface area contributed by atoms with Crippen LogP contribution >= 0.6 is 11.6 Å². The van der Waals surface area contributed by atoms with E-state index in [1.807, 2.05) is 12.1 Å². The van der Waals surface area contributed by atoms with Gasteiger partial charge in [-0.3, -0.25) is 9.69 Å². The standard InChI is InChI=1S/C22H31ClN2O/c23-21-7-5-17(6-8-21)15-24-12-9-20(16-24)18-10-13-25(14-11-18)22(26)19-3-1-2-4-19/h5-8,18-20H,1-4,9-16H2/t20-/m0/s1. The molecule has 3 nitrogen and oxygen atoms in total. The number of nitrogens with zero attached hydrogens (tertiary/aromatic N) is 2. The molecule has 2 saturated heterocycles. The highest BCUT2D eigenvalue weighted by Gasteiger charge is 2.34. The molecule has 1 amide bonds. The number of piperidine rings is 1. The van der Waals surface area contributed by atoms with E-state index in [9.17, 15) is 4.79 Å². The number of hydrogen-bond acceptors (Lipinski definition) is 2. The Morgan fingerprint density at radius 2 is 1.58 bits per heavy atom. The maximum Gasteiger partial charge on any atom is 0.225 e. The van der Waals surface area contributed by atoms with Crippen LogP contribution in [0.3, 0.4) is 0 Å². The van der Waals surface area contributed by atoms with E-state index in [1.165, 1.54) is 50.8 Å². The van der Waals surface area contributed by atoms with Crippen LogP contribution in [0.25, 0.3) is 0 Å². The van der Waals surface area contributed by atoms with Crippen molar-refractivity contribution in [3.63, 3.8) is 0 Å². The lowest BCUT2D eigenvalue weighted by molar-refractivity contribution is -0.137. The number of amides is 1. The molecule has 4 heteroatoms. The fourth-order valence-electron chi connectivity index (χ4n) is 5.26. The van der Waals surface area contributed by atoms with Gasteiger partial charge < -0.3 is 4.90 Å². The fraction of sp³-hybridized carbons (Fsp3) is 0.682. The van der Waals surface area contributed by atoms with Crippen molar-refractivity contribution in [3.05, 3.63) is 34.9 Å². The molecule has 26 heavy (non-hydrogen) atoms. The number of carbonyl (C=O) groups is 1. The van der Waals surface area contributed by atoms with Crippen molar-refractivity contribution in [2.24, 2.45) is 17.8 Å². The summed E-state index contributed by atoms with van der Waals surface area (Å²) < 4.78 is 0. The Morgan fingerprint density at radius 1 is 0.923 bits per heavy atom. The third-order valence-electron chi connectivity index (χ3n) is 6.85. The van der Waals surface area contributed by atoms with Crippen LogP contribution in [0.4, 0.5) is 0 Å². The highest BCUT2D eigenvalue weighted by Crippen LogP contribution is 2.34. The van der Waals surface area contributed by atoms with Gasteiger partial charge in [-0.05, 0) is 68.2 Å². The first kappa shape index (κ1) is 18.3. The van der Waals surface area contributed by atoms with E-state index in [-0.39, 0.29) is 0 Å². The average Bonchev–Trinajstić information content (AvgIpc) is 3.35. The van der Waals surface area contributed by atoms with Gasteiger partial charge in [0.05, 0.1) is 0 Å². The number of likely N-dealkylation sites (tertiary alicyclic amines) is 2. The van der Waals surface area contributed by atoms with Crippen molar-refractivity contribution < 1.29 is 4.79 Å². The van der Waals surface area contributed by atoms with Gasteiger partial charge in [0.15, 0.2) is 0 Å². The number of halogens is 1. The van der Waals surface area contributed by atoms with Crippen molar-refractivity contribution in [2.75, 3.05) is 26.2 Å². The quantitative estimate of drug-likeness (QED) is 0.769. The Balaban J connectivity index is 1.23. The van der Waals surface area contributed by atoms with Gasteiger partial charge in [-0.2, -0.15) is 0 Å². The summed E-state index contributed by atoms with van der Waals surface area (Å²) in [6.45, 7) is 5.44. The lowest BCUT2D eigenvalue weighted by Gasteiger charge is -2.36. The van der Waals surface area contributed by atoms with Gasteiger partial charge in [-0.15, -0.1) is 0 Å². The van der Waals surface area contributed by atoms with E-state index >= 15 is 0 Å². The molecular weight excluding hydrogens is 344 g/mol. The van der Waals surface area contributed by atoms with Crippen LogP contribution in [0.15, 0.2) is 24.3 Å². The van der Waals surface area contributed by atoms with Crippen molar-refractivity contribution in [1.82, 2.24) is 9.80 Å². The first-order valence-electron chi connectivity index (χ1n) is 10.4. The fourth-order valence-corrected chi connectivity index (χ4v) is 5.39. The van der Waals surface area contributed by atoms with Gasteiger partial charge in [-0.25, -0.2) is 0 Å². The summed E-state index contributed by atoms with van der Waals surface area (Å²) in [6.07, 6.45) is 8.48. The molecular formula is C22H31ClN2O. The lowest BCUT2D eigenvalue weighted by Crippen LogP contribution is -2.42. The minimum Gasteiger partial charge on any atom is -0.342 e. The summed E-state index contributed by atoms with van der Waals surface area (Å²) in [5.74, 6) is 2.41. The zero-order valence-corrected chi connectivity index (χ0v) is 16.5. The Hall–Kier alpha value is -1.06. The Morgan fingerprint density at radius 3 is 2.27 bits per heavy atom. The van der Waals surface area contributed by atoms with E-state index < -0.39 is 0 Å². The number of carbonyl (C=O) groups excluding carboxylic acids is 1. The number of rotatable bonds is 4. The zero-order chi connectivity index (χ0) is 17.9. The van der Waals surface area contributed by atoms with Crippen LogP contribution in [-0.2, 0) is 11.3 Å². The molecule has 1 aliphatic carbocycles. The first-order chi connectivity index (χ1) is 12.7. The molecule has 1 atom stereocenters. The molecule has 0 spiro atoms. The van der Waals surface area contributed by atoms with Gasteiger partial charge in [-0.1, -0.05) is 36.6 Å². The Labute approximate surface area is 162 Å². The second kappa shape index (κ2) is 8.31. The maximum atomic E-state index is 12.6. The van der Waals surface area contributed by atoms with Gasteiger partial charge >= 0.3 is 0 Å². The maximum absolute atomic E-state index is 12.6. The van der Waals surface area contributed by atoms with Crippen LogP contribution in [0.1, 0.15) is 50.5 Å². The summed E-state index contributed by atoms with van der Waals surface area (Å²) in [5.41, 5.74) is 1.35. The smallest absolute Gasteiger partial charge is 0.225 e. The Bertz CT molecular complexity index is 603. The molecule has 0 radical (unpaired) electrons. The monoisotopic (exact) mass is 374 g/mol. The van der Waals surface area contributed by atoms with E-state index in [1.54, 1.807) is 0 Å².